The summed E-state index contributed by atoms with van der Waals surface area (Å²) in [7, 11) is 0. The van der Waals surface area contributed by atoms with Crippen molar-refractivity contribution >= 4 is 22.8 Å². The second-order valence-corrected chi connectivity index (χ2v) is 8.17. The standard InChI is InChI=1S/C21H22F3N3O/c1-12-5-17-16(25-20(12)26-19(28)10-21(2,3)4)9-18(24)27(17)11-13-6-14(22)8-15(23)7-13/h5-9H,10-11H2,1-4H3,(H,25,26,28). The molecule has 0 unspecified atom stereocenters. The van der Waals surface area contributed by atoms with E-state index in [0.717, 1.165) is 18.2 Å². The van der Waals surface area contributed by atoms with Crippen molar-refractivity contribution < 1.29 is 18.0 Å². The number of carbonyl (C=O) groups excluding carboxylic acids is 1. The van der Waals surface area contributed by atoms with E-state index in [-0.39, 0.29) is 17.9 Å². The molecule has 2 aromatic heterocycles. The van der Waals surface area contributed by atoms with Gasteiger partial charge < -0.3 is 9.88 Å². The Balaban J connectivity index is 1.93. The Labute approximate surface area is 161 Å². The summed E-state index contributed by atoms with van der Waals surface area (Å²) in [6, 6.07) is 6.04. The number of pyridine rings is 1. The quantitative estimate of drug-likeness (QED) is 0.668. The summed E-state index contributed by atoms with van der Waals surface area (Å²) in [5.74, 6) is -1.81. The molecule has 0 bridgehead atoms. The van der Waals surface area contributed by atoms with Crippen LogP contribution in [0, 0.1) is 29.9 Å². The molecule has 0 aliphatic heterocycles. The number of rotatable bonds is 4. The van der Waals surface area contributed by atoms with E-state index in [1.165, 1.54) is 10.6 Å². The third kappa shape index (κ3) is 4.52. The second kappa shape index (κ2) is 7.30. The lowest BCUT2D eigenvalue weighted by atomic mass is 9.92. The predicted octanol–water partition coefficient (Wildman–Crippen LogP) is 5.19. The number of fused-ring (bicyclic) bond motifs is 1. The second-order valence-electron chi connectivity index (χ2n) is 8.17. The minimum absolute atomic E-state index is 0.0408. The van der Waals surface area contributed by atoms with Gasteiger partial charge in [0, 0.05) is 18.6 Å². The SMILES string of the molecule is Cc1cc2c(cc(F)n2Cc2cc(F)cc(F)c2)nc1NC(=O)CC(C)(C)C. The Kier molecular flexibility index (Phi) is 5.19. The molecule has 2 heterocycles. The van der Waals surface area contributed by atoms with Crippen LogP contribution < -0.4 is 5.32 Å². The van der Waals surface area contributed by atoms with E-state index in [1.807, 2.05) is 20.8 Å². The molecular weight excluding hydrogens is 367 g/mol. The van der Waals surface area contributed by atoms with Crippen LogP contribution in [0.5, 0.6) is 0 Å². The van der Waals surface area contributed by atoms with Crippen LogP contribution in [0.2, 0.25) is 0 Å². The lowest BCUT2D eigenvalue weighted by molar-refractivity contribution is -0.117. The van der Waals surface area contributed by atoms with Gasteiger partial charge in [0.25, 0.3) is 0 Å². The van der Waals surface area contributed by atoms with Crippen molar-refractivity contribution in [1.29, 1.82) is 0 Å². The van der Waals surface area contributed by atoms with Gasteiger partial charge >= 0.3 is 0 Å². The van der Waals surface area contributed by atoms with Gasteiger partial charge in [-0.05, 0) is 41.7 Å². The minimum Gasteiger partial charge on any atom is -0.312 e. The molecule has 0 aliphatic rings. The molecule has 28 heavy (non-hydrogen) atoms. The van der Waals surface area contributed by atoms with Gasteiger partial charge in [-0.25, -0.2) is 13.8 Å². The van der Waals surface area contributed by atoms with Crippen LogP contribution in [0.3, 0.4) is 0 Å². The number of carbonyl (C=O) groups is 1. The van der Waals surface area contributed by atoms with E-state index in [0.29, 0.717) is 34.4 Å². The highest BCUT2D eigenvalue weighted by Gasteiger charge is 2.18. The molecule has 1 N–H and O–H groups in total. The highest BCUT2D eigenvalue weighted by molar-refractivity contribution is 5.92. The van der Waals surface area contributed by atoms with Crippen molar-refractivity contribution in [3.8, 4) is 0 Å². The van der Waals surface area contributed by atoms with Gasteiger partial charge in [-0.2, -0.15) is 4.39 Å². The maximum absolute atomic E-state index is 14.5. The number of nitrogens with one attached hydrogen (secondary N) is 1. The molecule has 0 atom stereocenters. The van der Waals surface area contributed by atoms with Crippen LogP contribution in [-0.4, -0.2) is 15.5 Å². The van der Waals surface area contributed by atoms with Crippen molar-refractivity contribution in [2.75, 3.05) is 5.32 Å². The van der Waals surface area contributed by atoms with Crippen LogP contribution in [0.25, 0.3) is 11.0 Å². The first kappa shape index (κ1) is 19.9. The maximum atomic E-state index is 14.5. The number of aromatic nitrogens is 2. The number of anilines is 1. The van der Waals surface area contributed by atoms with Crippen molar-refractivity contribution in [3.05, 3.63) is 59.0 Å². The first-order valence-corrected chi connectivity index (χ1v) is 8.93. The van der Waals surface area contributed by atoms with Crippen molar-refractivity contribution in [2.45, 2.75) is 40.7 Å². The summed E-state index contributed by atoms with van der Waals surface area (Å²) in [4.78, 5) is 16.6. The fourth-order valence-corrected chi connectivity index (χ4v) is 3.07. The third-order valence-electron chi connectivity index (χ3n) is 4.24. The van der Waals surface area contributed by atoms with Crippen molar-refractivity contribution in [3.63, 3.8) is 0 Å². The summed E-state index contributed by atoms with van der Waals surface area (Å²) < 4.78 is 42.6. The van der Waals surface area contributed by atoms with E-state index in [4.69, 9.17) is 0 Å². The first-order valence-electron chi connectivity index (χ1n) is 8.93. The summed E-state index contributed by atoms with van der Waals surface area (Å²) in [6.07, 6.45) is 0.326. The minimum atomic E-state index is -0.718. The number of hydrogen-bond donors (Lipinski definition) is 1. The number of amides is 1. The molecule has 7 heteroatoms. The Morgan fingerprint density at radius 2 is 1.71 bits per heavy atom. The van der Waals surface area contributed by atoms with Gasteiger partial charge in [-0.1, -0.05) is 20.8 Å². The van der Waals surface area contributed by atoms with Crippen molar-refractivity contribution in [1.82, 2.24) is 9.55 Å². The Bertz CT molecular complexity index is 1030. The molecule has 0 fully saturated rings. The van der Waals surface area contributed by atoms with Gasteiger partial charge in [0.05, 0.1) is 17.6 Å². The van der Waals surface area contributed by atoms with Gasteiger partial charge in [0.15, 0.2) is 5.95 Å². The van der Waals surface area contributed by atoms with Crippen LogP contribution in [0.1, 0.15) is 38.3 Å². The maximum Gasteiger partial charge on any atom is 0.226 e. The molecule has 4 nitrogen and oxygen atoms in total. The third-order valence-corrected chi connectivity index (χ3v) is 4.24. The van der Waals surface area contributed by atoms with E-state index in [2.05, 4.69) is 10.3 Å². The lowest BCUT2D eigenvalue weighted by Crippen LogP contribution is -2.20. The molecule has 0 radical (unpaired) electrons. The highest BCUT2D eigenvalue weighted by atomic mass is 19.1. The zero-order valence-corrected chi connectivity index (χ0v) is 16.2. The van der Waals surface area contributed by atoms with Crippen molar-refractivity contribution in [2.24, 2.45) is 5.41 Å². The zero-order chi connectivity index (χ0) is 20.6. The van der Waals surface area contributed by atoms with Crippen LogP contribution in [-0.2, 0) is 11.3 Å². The molecule has 3 aromatic rings. The molecular formula is C21H22F3N3O. The Morgan fingerprint density at radius 3 is 2.32 bits per heavy atom. The largest absolute Gasteiger partial charge is 0.312 e. The average molecular weight is 389 g/mol. The molecule has 1 amide bonds. The van der Waals surface area contributed by atoms with Crippen LogP contribution >= 0.6 is 0 Å². The molecule has 148 valence electrons. The fraction of sp³-hybridized carbons (Fsp3) is 0.333. The topological polar surface area (TPSA) is 46.9 Å². The predicted molar refractivity (Wildman–Crippen MR) is 103 cm³/mol. The van der Waals surface area contributed by atoms with Gasteiger partial charge in [0.2, 0.25) is 5.91 Å². The summed E-state index contributed by atoms with van der Waals surface area (Å²) in [5.41, 5.74) is 1.63. The summed E-state index contributed by atoms with van der Waals surface area (Å²) in [5, 5.41) is 2.77. The number of nitrogens with zero attached hydrogens (tertiary/aromatic N) is 2. The molecule has 0 saturated heterocycles. The first-order chi connectivity index (χ1) is 13.0. The van der Waals surface area contributed by atoms with E-state index in [9.17, 15) is 18.0 Å². The monoisotopic (exact) mass is 389 g/mol. The Hall–Kier alpha value is -2.83. The number of hydrogen-bond acceptors (Lipinski definition) is 2. The van der Waals surface area contributed by atoms with Gasteiger partial charge in [-0.15, -0.1) is 0 Å². The molecule has 0 aliphatic carbocycles. The molecule has 3 rings (SSSR count). The van der Waals surface area contributed by atoms with Gasteiger partial charge in [-0.3, -0.25) is 4.79 Å². The normalized spacial score (nSPS) is 11.8. The number of halogens is 3. The zero-order valence-electron chi connectivity index (χ0n) is 16.2. The van der Waals surface area contributed by atoms with E-state index >= 15 is 0 Å². The summed E-state index contributed by atoms with van der Waals surface area (Å²) >= 11 is 0. The van der Waals surface area contributed by atoms with E-state index < -0.39 is 17.6 Å². The smallest absolute Gasteiger partial charge is 0.226 e. The van der Waals surface area contributed by atoms with Crippen LogP contribution in [0.15, 0.2) is 30.3 Å². The fourth-order valence-electron chi connectivity index (χ4n) is 3.07. The number of benzene rings is 1. The average Bonchev–Trinajstić information content (AvgIpc) is 2.80. The molecule has 1 aromatic carbocycles. The lowest BCUT2D eigenvalue weighted by Gasteiger charge is -2.17. The Morgan fingerprint density at radius 1 is 1.07 bits per heavy atom. The molecule has 0 spiro atoms. The van der Waals surface area contributed by atoms with Gasteiger partial charge in [0.1, 0.15) is 17.5 Å². The summed E-state index contributed by atoms with van der Waals surface area (Å²) in [6.45, 7) is 7.60. The number of aryl methyl sites for hydroxylation is 1. The molecule has 0 saturated carbocycles. The van der Waals surface area contributed by atoms with E-state index in [1.54, 1.807) is 13.0 Å². The van der Waals surface area contributed by atoms with Crippen LogP contribution in [0.4, 0.5) is 19.0 Å². The highest BCUT2D eigenvalue weighted by Crippen LogP contribution is 2.25.